The average molecular weight is 346 g/mol. The van der Waals surface area contributed by atoms with Gasteiger partial charge in [-0.2, -0.15) is 0 Å². The van der Waals surface area contributed by atoms with Gasteiger partial charge in [0.1, 0.15) is 5.69 Å². The quantitative estimate of drug-likeness (QED) is 0.461. The Labute approximate surface area is 148 Å². The Hall–Kier alpha value is -1.99. The summed E-state index contributed by atoms with van der Waals surface area (Å²) in [6.45, 7) is 10.7. The molecule has 2 fully saturated rings. The van der Waals surface area contributed by atoms with E-state index in [1.54, 1.807) is 12.1 Å². The Morgan fingerprint density at radius 1 is 1.24 bits per heavy atom. The maximum Gasteiger partial charge on any atom is 0.293 e. The maximum atomic E-state index is 11.5. The van der Waals surface area contributed by atoms with Crippen LogP contribution >= 0.6 is 0 Å². The molecule has 0 amide bonds. The highest BCUT2D eigenvalue weighted by molar-refractivity contribution is 5.95. The summed E-state index contributed by atoms with van der Waals surface area (Å²) in [5.41, 5.74) is 1.05. The fraction of sp³-hybridized carbons (Fsp3) is 0.611. The van der Waals surface area contributed by atoms with Crippen molar-refractivity contribution >= 4 is 17.2 Å². The second-order valence-electron chi connectivity index (χ2n) is 6.88. The Balaban J connectivity index is 1.71. The molecule has 1 aromatic rings. The number of Topliss-reactive ketones (excluding diaryl/α,β-unsaturated/α-hetero) is 1. The Kier molecular flexibility index (Phi) is 5.34. The molecule has 0 aliphatic carbocycles. The Morgan fingerprint density at radius 3 is 2.56 bits per heavy atom. The van der Waals surface area contributed by atoms with E-state index >= 15 is 0 Å². The number of piperazine rings is 1. The van der Waals surface area contributed by atoms with Crippen LogP contribution in [0.5, 0.6) is 0 Å². The summed E-state index contributed by atoms with van der Waals surface area (Å²) in [5.74, 6) is -0.150. The molecule has 0 N–H and O–H groups in total. The third-order valence-corrected chi connectivity index (χ3v) is 5.45. The van der Waals surface area contributed by atoms with Gasteiger partial charge in [-0.3, -0.25) is 19.8 Å². The summed E-state index contributed by atoms with van der Waals surface area (Å²) in [4.78, 5) is 29.7. The number of nitrogens with zero attached hydrogens (tertiary/aromatic N) is 4. The highest BCUT2D eigenvalue weighted by atomic mass is 16.6. The van der Waals surface area contributed by atoms with E-state index in [1.165, 1.54) is 13.0 Å². The molecule has 25 heavy (non-hydrogen) atoms. The Bertz CT molecular complexity index is 656. The predicted octanol–water partition coefficient (Wildman–Crippen LogP) is 2.01. The van der Waals surface area contributed by atoms with Crippen LogP contribution in [0.4, 0.5) is 11.4 Å². The van der Waals surface area contributed by atoms with Gasteiger partial charge in [0.25, 0.3) is 5.69 Å². The first-order chi connectivity index (χ1) is 12.0. The molecule has 0 radical (unpaired) electrons. The molecule has 3 rings (SSSR count). The summed E-state index contributed by atoms with van der Waals surface area (Å²) in [6, 6.07) is 5.28. The zero-order valence-electron chi connectivity index (χ0n) is 15.0. The maximum absolute atomic E-state index is 11.5. The van der Waals surface area contributed by atoms with Crippen LogP contribution in [0, 0.1) is 10.1 Å². The van der Waals surface area contributed by atoms with Crippen LogP contribution in [0.3, 0.4) is 0 Å². The van der Waals surface area contributed by atoms with Crippen LogP contribution in [0.25, 0.3) is 0 Å². The van der Waals surface area contributed by atoms with E-state index in [1.807, 2.05) is 0 Å². The van der Waals surface area contributed by atoms with Gasteiger partial charge in [0.2, 0.25) is 0 Å². The van der Waals surface area contributed by atoms with E-state index in [9.17, 15) is 14.9 Å². The van der Waals surface area contributed by atoms with Crippen LogP contribution in [-0.2, 0) is 0 Å². The van der Waals surface area contributed by atoms with Gasteiger partial charge in [0.15, 0.2) is 5.78 Å². The molecule has 1 unspecified atom stereocenters. The first kappa shape index (κ1) is 17.8. The number of carbonyl (C=O) groups is 1. The lowest BCUT2D eigenvalue weighted by atomic mass is 10.1. The minimum atomic E-state index is -0.380. The van der Waals surface area contributed by atoms with Crippen molar-refractivity contribution in [2.45, 2.75) is 26.3 Å². The van der Waals surface area contributed by atoms with Crippen LogP contribution in [0.1, 0.15) is 30.6 Å². The van der Waals surface area contributed by atoms with Gasteiger partial charge in [-0.15, -0.1) is 0 Å². The molecule has 1 atom stereocenters. The molecule has 0 bridgehead atoms. The molecule has 0 saturated carbocycles. The number of nitro groups is 1. The number of rotatable bonds is 5. The van der Waals surface area contributed by atoms with Crippen molar-refractivity contribution in [3.05, 3.63) is 33.9 Å². The molecular formula is C18H26N4O3. The van der Waals surface area contributed by atoms with E-state index in [0.717, 1.165) is 52.2 Å². The van der Waals surface area contributed by atoms with Crippen LogP contribution in [-0.4, -0.2) is 72.4 Å². The van der Waals surface area contributed by atoms with Crippen molar-refractivity contribution in [2.75, 3.05) is 50.7 Å². The molecule has 136 valence electrons. The molecule has 0 spiro atoms. The minimum absolute atomic E-state index is 0.0316. The summed E-state index contributed by atoms with van der Waals surface area (Å²) in [5, 5.41) is 11.5. The summed E-state index contributed by atoms with van der Waals surface area (Å²) >= 11 is 0. The average Bonchev–Trinajstić information content (AvgIpc) is 3.11. The lowest BCUT2D eigenvalue weighted by Crippen LogP contribution is -2.50. The first-order valence-electron chi connectivity index (χ1n) is 9.00. The van der Waals surface area contributed by atoms with Gasteiger partial charge in [-0.25, -0.2) is 0 Å². The third kappa shape index (κ3) is 3.82. The number of hydrogen-bond donors (Lipinski definition) is 0. The second-order valence-corrected chi connectivity index (χ2v) is 6.88. The third-order valence-electron chi connectivity index (χ3n) is 5.45. The van der Waals surface area contributed by atoms with E-state index in [0.29, 0.717) is 17.3 Å². The zero-order chi connectivity index (χ0) is 18.0. The number of ketones is 1. The SMILES string of the molecule is CCN1CCN(C2CCN(c3ccc(C(C)=O)cc3[N+](=O)[O-])C2)CC1. The molecule has 7 heteroatoms. The second kappa shape index (κ2) is 7.49. The van der Waals surface area contributed by atoms with Crippen molar-refractivity contribution in [1.82, 2.24) is 9.80 Å². The van der Waals surface area contributed by atoms with Crippen molar-refractivity contribution in [1.29, 1.82) is 0 Å². The molecule has 1 aromatic carbocycles. The predicted molar refractivity (Wildman–Crippen MR) is 97.4 cm³/mol. The van der Waals surface area contributed by atoms with E-state index < -0.39 is 0 Å². The van der Waals surface area contributed by atoms with E-state index in [2.05, 4.69) is 21.6 Å². The van der Waals surface area contributed by atoms with Gasteiger partial charge in [0.05, 0.1) is 4.92 Å². The monoisotopic (exact) mass is 346 g/mol. The number of carbonyl (C=O) groups excluding carboxylic acids is 1. The van der Waals surface area contributed by atoms with Gasteiger partial charge in [0, 0.05) is 56.9 Å². The largest absolute Gasteiger partial charge is 0.364 e. The number of hydrogen-bond acceptors (Lipinski definition) is 6. The van der Waals surface area contributed by atoms with Gasteiger partial charge in [-0.05, 0) is 32.0 Å². The fourth-order valence-corrected chi connectivity index (χ4v) is 3.86. The number of nitro benzene ring substituents is 1. The molecule has 2 aliphatic heterocycles. The molecule has 2 saturated heterocycles. The van der Waals surface area contributed by atoms with Crippen LogP contribution in [0.15, 0.2) is 18.2 Å². The molecule has 0 aromatic heterocycles. The van der Waals surface area contributed by atoms with Crippen molar-refractivity contribution < 1.29 is 9.72 Å². The van der Waals surface area contributed by atoms with Gasteiger partial charge < -0.3 is 9.80 Å². The number of likely N-dealkylation sites (N-methyl/N-ethyl adjacent to an activating group) is 1. The van der Waals surface area contributed by atoms with Crippen LogP contribution < -0.4 is 4.90 Å². The standard InChI is InChI=1S/C18H26N4O3/c1-3-19-8-10-20(11-9-19)16-6-7-21(13-16)17-5-4-15(14(2)23)12-18(17)22(24)25/h4-5,12,16H,3,6-11,13H2,1-2H3. The minimum Gasteiger partial charge on any atom is -0.364 e. The normalized spacial score (nSPS) is 22.3. The smallest absolute Gasteiger partial charge is 0.293 e. The fourth-order valence-electron chi connectivity index (χ4n) is 3.86. The highest BCUT2D eigenvalue weighted by Gasteiger charge is 2.32. The van der Waals surface area contributed by atoms with Crippen molar-refractivity contribution in [3.8, 4) is 0 Å². The summed E-state index contributed by atoms with van der Waals surface area (Å²) in [7, 11) is 0. The van der Waals surface area contributed by atoms with E-state index in [-0.39, 0.29) is 16.4 Å². The van der Waals surface area contributed by atoms with Gasteiger partial charge in [-0.1, -0.05) is 6.92 Å². The Morgan fingerprint density at radius 2 is 1.96 bits per heavy atom. The summed E-state index contributed by atoms with van der Waals surface area (Å²) in [6.07, 6.45) is 1.03. The first-order valence-corrected chi connectivity index (χ1v) is 9.00. The number of benzene rings is 1. The summed E-state index contributed by atoms with van der Waals surface area (Å²) < 4.78 is 0. The zero-order valence-corrected chi connectivity index (χ0v) is 15.0. The van der Waals surface area contributed by atoms with Crippen LogP contribution in [0.2, 0.25) is 0 Å². The molecule has 2 heterocycles. The topological polar surface area (TPSA) is 69.9 Å². The molecule has 7 nitrogen and oxygen atoms in total. The molecular weight excluding hydrogens is 320 g/mol. The van der Waals surface area contributed by atoms with Crippen molar-refractivity contribution in [2.24, 2.45) is 0 Å². The van der Waals surface area contributed by atoms with Gasteiger partial charge >= 0.3 is 0 Å². The highest BCUT2D eigenvalue weighted by Crippen LogP contribution is 2.33. The lowest BCUT2D eigenvalue weighted by Gasteiger charge is -2.37. The lowest BCUT2D eigenvalue weighted by molar-refractivity contribution is -0.384. The van der Waals surface area contributed by atoms with E-state index in [4.69, 9.17) is 0 Å². The number of anilines is 1. The van der Waals surface area contributed by atoms with Crippen molar-refractivity contribution in [3.63, 3.8) is 0 Å². The molecule has 2 aliphatic rings.